The lowest BCUT2D eigenvalue weighted by Gasteiger charge is -2.34. The Morgan fingerprint density at radius 3 is 1.20 bits per heavy atom. The molecule has 6 rings (SSSR count). The van der Waals surface area contributed by atoms with Gasteiger partial charge in [0.1, 0.15) is 0 Å². The van der Waals surface area contributed by atoms with Gasteiger partial charge < -0.3 is 0 Å². The van der Waals surface area contributed by atoms with E-state index in [9.17, 15) is 0 Å². The highest BCUT2D eigenvalue weighted by atomic mass is 14.3. The zero-order valence-electron chi connectivity index (χ0n) is 32.9. The maximum absolute atomic E-state index is 2.45. The van der Waals surface area contributed by atoms with Gasteiger partial charge in [-0.15, -0.1) is 0 Å². The molecule has 0 bridgehead atoms. The maximum atomic E-state index is 2.45. The molecule has 0 N–H and O–H groups in total. The van der Waals surface area contributed by atoms with E-state index in [1.807, 2.05) is 0 Å². The Morgan fingerprint density at radius 1 is 0.429 bits per heavy atom. The molecule has 0 heteroatoms. The predicted octanol–water partition coefficient (Wildman–Crippen LogP) is 15.4. The van der Waals surface area contributed by atoms with E-state index in [1.54, 1.807) is 22.3 Å². The topological polar surface area (TPSA) is 0 Å². The number of rotatable bonds is 17. The first kappa shape index (κ1) is 38.7. The molecule has 0 aliphatic heterocycles. The van der Waals surface area contributed by atoms with E-state index < -0.39 is 0 Å². The van der Waals surface area contributed by atoms with Gasteiger partial charge in [-0.3, -0.25) is 0 Å². The summed E-state index contributed by atoms with van der Waals surface area (Å²) in [4.78, 5) is 0. The Hall–Kier alpha value is -1.56. The summed E-state index contributed by atoms with van der Waals surface area (Å²) in [5, 5.41) is 0. The van der Waals surface area contributed by atoms with Gasteiger partial charge in [-0.05, 0) is 172 Å². The van der Waals surface area contributed by atoms with E-state index in [2.05, 4.69) is 76.2 Å². The molecule has 4 saturated carbocycles. The summed E-state index contributed by atoms with van der Waals surface area (Å²) in [7, 11) is 0. The van der Waals surface area contributed by atoms with Gasteiger partial charge in [0.2, 0.25) is 0 Å². The summed E-state index contributed by atoms with van der Waals surface area (Å²) in [6.07, 6.45) is 35.8. The van der Waals surface area contributed by atoms with Crippen LogP contribution in [0.2, 0.25) is 0 Å². The Morgan fingerprint density at radius 2 is 0.837 bits per heavy atom. The van der Waals surface area contributed by atoms with Crippen LogP contribution in [0.25, 0.3) is 0 Å². The van der Waals surface area contributed by atoms with Gasteiger partial charge in [0, 0.05) is 0 Å². The highest BCUT2D eigenvalue weighted by Crippen LogP contribution is 2.41. The Kier molecular flexibility index (Phi) is 16.6. The number of benzene rings is 2. The molecule has 0 aromatic heterocycles. The monoisotopic (exact) mass is 667 g/mol. The van der Waals surface area contributed by atoms with Crippen LogP contribution in [-0.2, 0) is 12.8 Å². The van der Waals surface area contributed by atoms with Crippen molar-refractivity contribution in [3.05, 3.63) is 70.8 Å². The van der Waals surface area contributed by atoms with Crippen molar-refractivity contribution in [2.45, 2.75) is 200 Å². The van der Waals surface area contributed by atoms with Crippen molar-refractivity contribution in [1.29, 1.82) is 0 Å². The third kappa shape index (κ3) is 12.9. The van der Waals surface area contributed by atoms with E-state index in [1.165, 1.54) is 161 Å². The van der Waals surface area contributed by atoms with Crippen molar-refractivity contribution in [2.75, 3.05) is 0 Å². The molecular formula is C49H78. The first-order valence-corrected chi connectivity index (χ1v) is 22.2. The zero-order valence-corrected chi connectivity index (χ0v) is 32.9. The molecule has 2 aromatic rings. The third-order valence-corrected chi connectivity index (χ3v) is 14.1. The number of hydrogen-bond acceptors (Lipinski definition) is 0. The largest absolute Gasteiger partial charge is 0.0654 e. The fourth-order valence-corrected chi connectivity index (χ4v) is 10.3. The molecule has 49 heavy (non-hydrogen) atoms. The van der Waals surface area contributed by atoms with Crippen molar-refractivity contribution in [3.63, 3.8) is 0 Å². The van der Waals surface area contributed by atoms with Crippen LogP contribution in [0, 0.1) is 35.5 Å². The average molecular weight is 667 g/mol. The van der Waals surface area contributed by atoms with Gasteiger partial charge >= 0.3 is 0 Å². The summed E-state index contributed by atoms with van der Waals surface area (Å²) >= 11 is 0. The zero-order chi connectivity index (χ0) is 34.3. The van der Waals surface area contributed by atoms with Gasteiger partial charge in [0.25, 0.3) is 0 Å². The molecule has 4 aliphatic carbocycles. The summed E-state index contributed by atoms with van der Waals surface area (Å²) in [6.45, 7) is 9.37. The van der Waals surface area contributed by atoms with Crippen molar-refractivity contribution in [2.24, 2.45) is 35.5 Å². The molecule has 4 fully saturated rings. The Balaban J connectivity index is 0.000000191. The van der Waals surface area contributed by atoms with Crippen molar-refractivity contribution in [3.8, 4) is 0 Å². The maximum Gasteiger partial charge on any atom is -0.0162 e. The highest BCUT2D eigenvalue weighted by molar-refractivity contribution is 5.27. The molecule has 0 unspecified atom stereocenters. The minimum atomic E-state index is 0.841. The summed E-state index contributed by atoms with van der Waals surface area (Å²) in [5.41, 5.74) is 6.36. The van der Waals surface area contributed by atoms with E-state index in [0.29, 0.717) is 0 Å². The molecule has 4 aliphatic rings. The second kappa shape index (κ2) is 21.1. The van der Waals surface area contributed by atoms with Crippen LogP contribution in [0.1, 0.15) is 209 Å². The van der Waals surface area contributed by atoms with Crippen LogP contribution in [0.4, 0.5) is 0 Å². The predicted molar refractivity (Wildman–Crippen MR) is 216 cm³/mol. The number of aryl methyl sites for hydroxylation is 2. The lowest BCUT2D eigenvalue weighted by molar-refractivity contribution is 0.177. The van der Waals surface area contributed by atoms with Crippen LogP contribution >= 0.6 is 0 Å². The van der Waals surface area contributed by atoms with E-state index in [4.69, 9.17) is 0 Å². The molecule has 2 aromatic carbocycles. The minimum Gasteiger partial charge on any atom is -0.0654 e. The quantitative estimate of drug-likeness (QED) is 0.147. The number of unbranched alkanes of at least 4 members (excludes halogenated alkanes) is 4. The second-order valence-electron chi connectivity index (χ2n) is 18.0. The molecule has 0 heterocycles. The standard InChI is InChI=1S/C25H40.C24H38/c1-3-5-6-7-21-10-14-24(15-11-21)25-16-12-22(13-17-25)8-9-23-18-20(4-2)19-23;1-3-4-5-6-20-9-13-23(14-10-20)24-15-11-21(12-16-24)7-8-22-17-19(2)18-22/h12-13,16-17,20-21,23-24H,3-11,14-15,18-19H2,1-2H3;11-12,15-16,19-20,22-23H,3-10,13-14,17-18H2,1-2H3. The van der Waals surface area contributed by atoms with Crippen LogP contribution in [-0.4, -0.2) is 0 Å². The SMILES string of the molecule is CCCCCC1CCC(c2ccc(CCC3CC(C)C3)cc2)CC1.CCCCCC1CCC(c2ccc(CCC3CC(CC)C3)cc2)CC1. The lowest BCUT2D eigenvalue weighted by Crippen LogP contribution is -2.23. The van der Waals surface area contributed by atoms with Crippen LogP contribution in [0.5, 0.6) is 0 Å². The number of hydrogen-bond donors (Lipinski definition) is 0. The van der Waals surface area contributed by atoms with Gasteiger partial charge in [0.15, 0.2) is 0 Å². The van der Waals surface area contributed by atoms with Crippen molar-refractivity contribution < 1.29 is 0 Å². The molecule has 0 nitrogen and oxygen atoms in total. The molecule has 0 amide bonds. The third-order valence-electron chi connectivity index (χ3n) is 14.1. The summed E-state index contributed by atoms with van der Waals surface area (Å²) < 4.78 is 0. The highest BCUT2D eigenvalue weighted by Gasteiger charge is 2.27. The fraction of sp³-hybridized carbons (Fsp3) is 0.755. The van der Waals surface area contributed by atoms with Crippen molar-refractivity contribution >= 4 is 0 Å². The van der Waals surface area contributed by atoms with Crippen LogP contribution in [0.15, 0.2) is 48.5 Å². The van der Waals surface area contributed by atoms with Gasteiger partial charge in [-0.25, -0.2) is 0 Å². The molecule has 274 valence electrons. The normalized spacial score (nSPS) is 29.7. The molecule has 0 atom stereocenters. The van der Waals surface area contributed by atoms with Crippen LogP contribution in [0.3, 0.4) is 0 Å². The fourth-order valence-electron chi connectivity index (χ4n) is 10.3. The van der Waals surface area contributed by atoms with E-state index >= 15 is 0 Å². The molecule has 0 saturated heterocycles. The first-order valence-electron chi connectivity index (χ1n) is 22.2. The first-order chi connectivity index (χ1) is 24.0. The van der Waals surface area contributed by atoms with Gasteiger partial charge in [0.05, 0.1) is 0 Å². The molecular weight excluding hydrogens is 589 g/mol. The summed E-state index contributed by atoms with van der Waals surface area (Å²) in [5.74, 6) is 7.81. The minimum absolute atomic E-state index is 0.841. The van der Waals surface area contributed by atoms with Gasteiger partial charge in [-0.1, -0.05) is 134 Å². The smallest absolute Gasteiger partial charge is 0.0162 e. The van der Waals surface area contributed by atoms with Crippen LogP contribution < -0.4 is 0 Å². The molecule has 0 spiro atoms. The molecule has 0 radical (unpaired) electrons. The lowest BCUT2D eigenvalue weighted by atomic mass is 9.71. The Bertz CT molecular complexity index is 1110. The van der Waals surface area contributed by atoms with Crippen molar-refractivity contribution in [1.82, 2.24) is 0 Å². The van der Waals surface area contributed by atoms with E-state index in [0.717, 1.165) is 47.3 Å². The van der Waals surface area contributed by atoms with E-state index in [-0.39, 0.29) is 0 Å². The average Bonchev–Trinajstić information content (AvgIpc) is 3.11. The Labute approximate surface area is 305 Å². The summed E-state index contributed by atoms with van der Waals surface area (Å²) in [6, 6.07) is 19.5. The van der Waals surface area contributed by atoms with Gasteiger partial charge in [-0.2, -0.15) is 0 Å². The second-order valence-corrected chi connectivity index (χ2v) is 18.0.